The topological polar surface area (TPSA) is 77.9 Å². The number of benzene rings is 2. The first kappa shape index (κ1) is 17.4. The molecule has 0 aliphatic carbocycles. The molecule has 7 heteroatoms. The molecule has 2 aromatic carbocycles. The van der Waals surface area contributed by atoms with Gasteiger partial charge in [0.2, 0.25) is 10.0 Å². The van der Waals surface area contributed by atoms with Crippen molar-refractivity contribution in [3.8, 4) is 0 Å². The van der Waals surface area contributed by atoms with E-state index in [1.165, 1.54) is 34.1 Å². The van der Waals surface area contributed by atoms with Crippen LogP contribution in [0.2, 0.25) is 0 Å². The molecule has 2 aromatic rings. The van der Waals surface area contributed by atoms with Crippen LogP contribution in [0.1, 0.15) is 15.9 Å². The van der Waals surface area contributed by atoms with Gasteiger partial charge in [0.1, 0.15) is 0 Å². The van der Waals surface area contributed by atoms with E-state index in [0.29, 0.717) is 26.2 Å². The summed E-state index contributed by atoms with van der Waals surface area (Å²) in [5.41, 5.74) is 2.34. The van der Waals surface area contributed by atoms with E-state index >= 15 is 0 Å². The molecule has 6 nitrogen and oxygen atoms in total. The third-order valence-electron chi connectivity index (χ3n) is 4.34. The molecule has 0 amide bonds. The van der Waals surface area contributed by atoms with Crippen molar-refractivity contribution in [2.75, 3.05) is 31.1 Å². The molecule has 0 atom stereocenters. The molecule has 25 heavy (non-hydrogen) atoms. The number of rotatable bonds is 4. The van der Waals surface area contributed by atoms with Crippen LogP contribution < -0.4 is 4.90 Å². The quantitative estimate of drug-likeness (QED) is 0.904. The van der Waals surface area contributed by atoms with E-state index in [9.17, 15) is 13.2 Å². The van der Waals surface area contributed by atoms with Crippen molar-refractivity contribution in [2.45, 2.75) is 11.8 Å². The summed E-state index contributed by atoms with van der Waals surface area (Å²) < 4.78 is 26.9. The number of anilines is 1. The predicted octanol–water partition coefficient (Wildman–Crippen LogP) is 2.20. The first-order chi connectivity index (χ1) is 11.9. The van der Waals surface area contributed by atoms with Crippen LogP contribution in [0.5, 0.6) is 0 Å². The number of nitrogens with zero attached hydrogens (tertiary/aromatic N) is 2. The monoisotopic (exact) mass is 360 g/mol. The minimum Gasteiger partial charge on any atom is -0.478 e. The van der Waals surface area contributed by atoms with Crippen molar-refractivity contribution < 1.29 is 18.3 Å². The average Bonchev–Trinajstić information content (AvgIpc) is 2.62. The Morgan fingerprint density at radius 2 is 1.64 bits per heavy atom. The SMILES string of the molecule is Cc1cccc(N2CCN(S(=O)(=O)c3ccc(C(=O)O)cc3)CC2)c1. The van der Waals surface area contributed by atoms with E-state index in [1.807, 2.05) is 25.1 Å². The summed E-state index contributed by atoms with van der Waals surface area (Å²) in [5.74, 6) is -1.07. The van der Waals surface area contributed by atoms with Crippen LogP contribution in [0.4, 0.5) is 5.69 Å². The number of carboxylic acids is 1. The van der Waals surface area contributed by atoms with E-state index in [1.54, 1.807) is 0 Å². The van der Waals surface area contributed by atoms with Gasteiger partial charge in [-0.2, -0.15) is 4.31 Å². The van der Waals surface area contributed by atoms with Crippen molar-refractivity contribution in [2.24, 2.45) is 0 Å². The zero-order chi connectivity index (χ0) is 18.0. The number of hydrogen-bond acceptors (Lipinski definition) is 4. The van der Waals surface area contributed by atoms with Gasteiger partial charge in [0, 0.05) is 31.9 Å². The molecule has 1 aliphatic heterocycles. The van der Waals surface area contributed by atoms with Crippen LogP contribution >= 0.6 is 0 Å². The molecular formula is C18H20N2O4S. The second-order valence-electron chi connectivity index (χ2n) is 6.06. The minimum atomic E-state index is -3.60. The summed E-state index contributed by atoms with van der Waals surface area (Å²) in [7, 11) is -3.60. The second-order valence-corrected chi connectivity index (χ2v) is 8.00. The van der Waals surface area contributed by atoms with Crippen LogP contribution in [0.25, 0.3) is 0 Å². The van der Waals surface area contributed by atoms with Gasteiger partial charge in [-0.25, -0.2) is 13.2 Å². The third-order valence-corrected chi connectivity index (χ3v) is 6.26. The Hall–Kier alpha value is -2.38. The average molecular weight is 360 g/mol. The molecule has 132 valence electrons. The van der Waals surface area contributed by atoms with Crippen molar-refractivity contribution in [3.63, 3.8) is 0 Å². The molecule has 0 bridgehead atoms. The maximum absolute atomic E-state index is 12.7. The molecule has 0 unspecified atom stereocenters. The first-order valence-electron chi connectivity index (χ1n) is 8.03. The van der Waals surface area contributed by atoms with Crippen LogP contribution in [-0.4, -0.2) is 50.0 Å². The van der Waals surface area contributed by atoms with Crippen molar-refractivity contribution >= 4 is 21.7 Å². The Morgan fingerprint density at radius 1 is 1.00 bits per heavy atom. The Labute approximate surface area is 147 Å². The van der Waals surface area contributed by atoms with E-state index < -0.39 is 16.0 Å². The lowest BCUT2D eigenvalue weighted by Crippen LogP contribution is -2.48. The second kappa shape index (κ2) is 6.85. The van der Waals surface area contributed by atoms with E-state index in [2.05, 4.69) is 11.0 Å². The van der Waals surface area contributed by atoms with Crippen molar-refractivity contribution in [1.82, 2.24) is 4.31 Å². The molecule has 0 radical (unpaired) electrons. The summed E-state index contributed by atoms with van der Waals surface area (Å²) in [6, 6.07) is 13.5. The Morgan fingerprint density at radius 3 is 2.20 bits per heavy atom. The van der Waals surface area contributed by atoms with Gasteiger partial charge in [0.15, 0.2) is 0 Å². The largest absolute Gasteiger partial charge is 0.478 e. The summed E-state index contributed by atoms with van der Waals surface area (Å²) in [6.45, 7) is 4.07. The van der Waals surface area contributed by atoms with Crippen molar-refractivity contribution in [1.29, 1.82) is 0 Å². The van der Waals surface area contributed by atoms with Gasteiger partial charge in [-0.3, -0.25) is 0 Å². The molecular weight excluding hydrogens is 340 g/mol. The lowest BCUT2D eigenvalue weighted by molar-refractivity contribution is 0.0696. The number of carboxylic acid groups (broad SMARTS) is 1. The maximum Gasteiger partial charge on any atom is 0.335 e. The smallest absolute Gasteiger partial charge is 0.335 e. The molecule has 1 N–H and O–H groups in total. The highest BCUT2D eigenvalue weighted by atomic mass is 32.2. The maximum atomic E-state index is 12.7. The van der Waals surface area contributed by atoms with E-state index in [0.717, 1.165) is 5.69 Å². The van der Waals surface area contributed by atoms with Gasteiger partial charge < -0.3 is 10.0 Å². The standard InChI is InChI=1S/C18H20N2O4S/c1-14-3-2-4-16(13-14)19-9-11-20(12-10-19)25(23,24)17-7-5-15(6-8-17)18(21)22/h2-8,13H,9-12H2,1H3,(H,21,22). The fourth-order valence-electron chi connectivity index (χ4n) is 2.93. The van der Waals surface area contributed by atoms with Gasteiger partial charge in [-0.15, -0.1) is 0 Å². The number of aryl methyl sites for hydroxylation is 1. The normalized spacial score (nSPS) is 16.0. The Balaban J connectivity index is 1.72. The molecule has 0 saturated carbocycles. The molecule has 1 heterocycles. The highest BCUT2D eigenvalue weighted by Gasteiger charge is 2.28. The highest BCUT2D eigenvalue weighted by Crippen LogP contribution is 2.22. The van der Waals surface area contributed by atoms with Crippen LogP contribution in [0.3, 0.4) is 0 Å². The van der Waals surface area contributed by atoms with Gasteiger partial charge in [0.25, 0.3) is 0 Å². The lowest BCUT2D eigenvalue weighted by atomic mass is 10.2. The number of hydrogen-bond donors (Lipinski definition) is 1. The molecule has 1 saturated heterocycles. The molecule has 0 aromatic heterocycles. The zero-order valence-corrected chi connectivity index (χ0v) is 14.7. The summed E-state index contributed by atoms with van der Waals surface area (Å²) in [4.78, 5) is 13.2. The molecule has 1 fully saturated rings. The van der Waals surface area contributed by atoms with E-state index in [-0.39, 0.29) is 10.5 Å². The fourth-order valence-corrected chi connectivity index (χ4v) is 4.35. The lowest BCUT2D eigenvalue weighted by Gasteiger charge is -2.35. The van der Waals surface area contributed by atoms with E-state index in [4.69, 9.17) is 5.11 Å². The Bertz CT molecular complexity index is 870. The molecule has 1 aliphatic rings. The van der Waals surface area contributed by atoms with Gasteiger partial charge >= 0.3 is 5.97 Å². The fraction of sp³-hybridized carbons (Fsp3) is 0.278. The summed E-state index contributed by atoms with van der Waals surface area (Å²) >= 11 is 0. The van der Waals surface area contributed by atoms with Gasteiger partial charge in [-0.05, 0) is 48.9 Å². The van der Waals surface area contributed by atoms with Gasteiger partial charge in [-0.1, -0.05) is 12.1 Å². The highest BCUT2D eigenvalue weighted by molar-refractivity contribution is 7.89. The predicted molar refractivity (Wildman–Crippen MR) is 95.6 cm³/mol. The minimum absolute atomic E-state index is 0.0724. The van der Waals surface area contributed by atoms with Crippen LogP contribution in [-0.2, 0) is 10.0 Å². The van der Waals surface area contributed by atoms with Crippen LogP contribution in [0, 0.1) is 6.92 Å². The summed E-state index contributed by atoms with van der Waals surface area (Å²) in [5, 5.41) is 8.92. The third kappa shape index (κ3) is 3.67. The number of sulfonamides is 1. The number of carbonyl (C=O) groups is 1. The van der Waals surface area contributed by atoms with Crippen molar-refractivity contribution in [3.05, 3.63) is 59.7 Å². The zero-order valence-electron chi connectivity index (χ0n) is 13.9. The number of piperazine rings is 1. The number of aromatic carboxylic acids is 1. The molecule has 0 spiro atoms. The van der Waals surface area contributed by atoms with Gasteiger partial charge in [0.05, 0.1) is 10.5 Å². The first-order valence-corrected chi connectivity index (χ1v) is 9.47. The molecule has 3 rings (SSSR count). The Kier molecular flexibility index (Phi) is 4.78. The van der Waals surface area contributed by atoms with Crippen LogP contribution in [0.15, 0.2) is 53.4 Å². The summed E-state index contributed by atoms with van der Waals surface area (Å²) in [6.07, 6.45) is 0.